The highest BCUT2D eigenvalue weighted by Gasteiger charge is 2.34. The second-order valence-corrected chi connectivity index (χ2v) is 14.4. The van der Waals surface area contributed by atoms with Crippen molar-refractivity contribution < 1.29 is 42.7 Å². The van der Waals surface area contributed by atoms with E-state index in [1.54, 1.807) is 32.0 Å². The molecule has 0 radical (unpaired) electrons. The Morgan fingerprint density at radius 2 is 1.75 bits per heavy atom. The Kier molecular flexibility index (Phi) is 11.6. The van der Waals surface area contributed by atoms with Crippen molar-refractivity contribution in [3.63, 3.8) is 0 Å². The predicted molar refractivity (Wildman–Crippen MR) is 204 cm³/mol. The van der Waals surface area contributed by atoms with Crippen LogP contribution in [0.5, 0.6) is 28.7 Å². The number of fused-ring (bicyclic) bond motifs is 2. The van der Waals surface area contributed by atoms with Crippen LogP contribution >= 0.6 is 56.5 Å². The molecular formula is C36H32I2N2O10S. The quantitative estimate of drug-likeness (QED) is 0.137. The number of ether oxygens (including phenoxy) is 7. The topological polar surface area (TPSA) is 133 Å². The van der Waals surface area contributed by atoms with E-state index >= 15 is 0 Å². The minimum absolute atomic E-state index is 0.144. The highest BCUT2D eigenvalue weighted by molar-refractivity contribution is 14.1. The molecule has 2 aliphatic rings. The molecule has 51 heavy (non-hydrogen) atoms. The van der Waals surface area contributed by atoms with Gasteiger partial charge in [0.1, 0.15) is 12.4 Å². The number of carbonyl (C=O) groups excluding carboxylic acids is 2. The van der Waals surface area contributed by atoms with Gasteiger partial charge in [0.15, 0.2) is 34.4 Å². The van der Waals surface area contributed by atoms with Crippen LogP contribution in [-0.4, -0.2) is 50.2 Å². The van der Waals surface area contributed by atoms with E-state index in [2.05, 4.69) is 50.2 Å². The fourth-order valence-corrected chi connectivity index (χ4v) is 8.70. The molecule has 0 amide bonds. The second-order valence-electron chi connectivity index (χ2n) is 11.1. The Balaban J connectivity index is 1.37. The lowest BCUT2D eigenvalue weighted by atomic mass is 9.95. The van der Waals surface area contributed by atoms with Crippen molar-refractivity contribution in [1.29, 1.82) is 0 Å². The highest BCUT2D eigenvalue weighted by Crippen LogP contribution is 2.37. The van der Waals surface area contributed by atoms with Gasteiger partial charge in [-0.25, -0.2) is 14.6 Å². The van der Waals surface area contributed by atoms with Crippen LogP contribution in [0.15, 0.2) is 69.6 Å². The second kappa shape index (κ2) is 16.1. The van der Waals surface area contributed by atoms with E-state index in [9.17, 15) is 14.4 Å². The van der Waals surface area contributed by atoms with Crippen molar-refractivity contribution in [2.45, 2.75) is 33.4 Å². The van der Waals surface area contributed by atoms with Crippen molar-refractivity contribution in [2.75, 3.05) is 33.7 Å². The standard InChI is InChI=1S/C36H32I2N2O10S/c1-5-45-28-15-22(8-10-25(28)47-17-30(41)44-4)32-31(35(43)46-6-2)19(3)39-36-40(32)34(42)29(51-36)14-21-11-23(37)33(24(38)12-21)48-16-20-7-9-26-27(13-20)50-18-49-26/h7-15,32H,5-6,16-18H2,1-4H3/b29-14-/t32-/m1/s1. The number of esters is 2. The molecule has 3 heterocycles. The highest BCUT2D eigenvalue weighted by atomic mass is 127. The number of carbonyl (C=O) groups is 2. The summed E-state index contributed by atoms with van der Waals surface area (Å²) >= 11 is 5.68. The van der Waals surface area contributed by atoms with Crippen LogP contribution in [0.2, 0.25) is 0 Å². The van der Waals surface area contributed by atoms with Gasteiger partial charge in [0.25, 0.3) is 5.56 Å². The van der Waals surface area contributed by atoms with Crippen molar-refractivity contribution in [3.05, 3.63) is 103 Å². The van der Waals surface area contributed by atoms with Gasteiger partial charge in [-0.2, -0.15) is 0 Å². The summed E-state index contributed by atoms with van der Waals surface area (Å²) in [4.78, 5) is 44.5. The Bertz CT molecular complexity index is 2210. The monoisotopic (exact) mass is 938 g/mol. The average molecular weight is 939 g/mol. The first kappa shape index (κ1) is 36.7. The number of aromatic nitrogens is 1. The van der Waals surface area contributed by atoms with Gasteiger partial charge in [-0.15, -0.1) is 0 Å². The van der Waals surface area contributed by atoms with Crippen LogP contribution in [-0.2, 0) is 25.7 Å². The SMILES string of the molecule is CCOC(=O)C1=C(C)N=c2s/c(=C\c3cc(I)c(OCc4ccc5c(c4)OCO5)c(I)c3)c(=O)n2[C@@H]1c1ccc(OCC(=O)OC)c(OCC)c1. The van der Waals surface area contributed by atoms with E-state index in [-0.39, 0.29) is 31.1 Å². The van der Waals surface area contributed by atoms with Gasteiger partial charge in [0.05, 0.1) is 49.3 Å². The number of hydrogen-bond donors (Lipinski definition) is 0. The summed E-state index contributed by atoms with van der Waals surface area (Å²) in [5.41, 5.74) is 2.66. The molecule has 0 saturated heterocycles. The zero-order chi connectivity index (χ0) is 36.2. The molecule has 12 nitrogen and oxygen atoms in total. The summed E-state index contributed by atoms with van der Waals surface area (Å²) in [7, 11) is 1.27. The van der Waals surface area contributed by atoms with Gasteiger partial charge in [-0.3, -0.25) is 9.36 Å². The number of thiazole rings is 1. The van der Waals surface area contributed by atoms with Gasteiger partial charge in [0.2, 0.25) is 6.79 Å². The molecule has 266 valence electrons. The third-order valence-corrected chi connectivity index (χ3v) is 10.4. The van der Waals surface area contributed by atoms with Crippen molar-refractivity contribution >= 4 is 74.5 Å². The van der Waals surface area contributed by atoms with E-state index in [1.807, 2.05) is 43.3 Å². The number of methoxy groups -OCH3 is 1. The fraction of sp³-hybridized carbons (Fsp3) is 0.278. The number of nitrogens with zero attached hydrogens (tertiary/aromatic N) is 2. The molecule has 0 saturated carbocycles. The molecule has 0 N–H and O–H groups in total. The first-order valence-corrected chi connectivity index (χ1v) is 18.8. The molecule has 0 spiro atoms. The van der Waals surface area contributed by atoms with E-state index in [0.29, 0.717) is 56.8 Å². The predicted octanol–water partition coefficient (Wildman–Crippen LogP) is 5.27. The van der Waals surface area contributed by atoms with Crippen molar-refractivity contribution in [1.82, 2.24) is 4.57 Å². The fourth-order valence-electron chi connectivity index (χ4n) is 5.52. The number of halogens is 2. The zero-order valence-corrected chi connectivity index (χ0v) is 33.1. The summed E-state index contributed by atoms with van der Waals surface area (Å²) in [6, 6.07) is 13.8. The van der Waals surface area contributed by atoms with E-state index in [1.165, 1.54) is 23.0 Å². The minimum Gasteiger partial charge on any atom is -0.490 e. The molecule has 0 bridgehead atoms. The first-order valence-electron chi connectivity index (χ1n) is 15.8. The normalized spacial score (nSPS) is 14.9. The van der Waals surface area contributed by atoms with Gasteiger partial charge in [-0.1, -0.05) is 23.5 Å². The molecule has 1 atom stereocenters. The third kappa shape index (κ3) is 7.89. The molecule has 6 rings (SSSR count). The van der Waals surface area contributed by atoms with Crippen LogP contribution in [0, 0.1) is 7.14 Å². The minimum atomic E-state index is -0.872. The summed E-state index contributed by atoms with van der Waals surface area (Å²) < 4.78 is 42.4. The maximum Gasteiger partial charge on any atom is 0.343 e. The maximum absolute atomic E-state index is 14.3. The Morgan fingerprint density at radius 3 is 2.47 bits per heavy atom. The zero-order valence-electron chi connectivity index (χ0n) is 28.0. The summed E-state index contributed by atoms with van der Waals surface area (Å²) in [6.45, 7) is 5.93. The largest absolute Gasteiger partial charge is 0.490 e. The average Bonchev–Trinajstić information content (AvgIpc) is 3.70. The lowest BCUT2D eigenvalue weighted by Gasteiger charge is -2.25. The van der Waals surface area contributed by atoms with Crippen LogP contribution in [0.1, 0.15) is 43.5 Å². The summed E-state index contributed by atoms with van der Waals surface area (Å²) in [5.74, 6) is 1.65. The molecule has 0 fully saturated rings. The molecule has 0 aliphatic carbocycles. The molecule has 15 heteroatoms. The molecule has 2 aliphatic heterocycles. The van der Waals surface area contributed by atoms with Crippen LogP contribution in [0.3, 0.4) is 0 Å². The lowest BCUT2D eigenvalue weighted by Crippen LogP contribution is -2.40. The van der Waals surface area contributed by atoms with Crippen LogP contribution in [0.4, 0.5) is 0 Å². The smallest absolute Gasteiger partial charge is 0.343 e. The number of allylic oxidation sites excluding steroid dienone is 1. The Labute approximate surface area is 323 Å². The number of benzene rings is 3. The van der Waals surface area contributed by atoms with Gasteiger partial charge in [0, 0.05) is 0 Å². The lowest BCUT2D eigenvalue weighted by molar-refractivity contribution is -0.143. The first-order chi connectivity index (χ1) is 24.6. The molecule has 1 aromatic heterocycles. The van der Waals surface area contributed by atoms with E-state index in [4.69, 9.17) is 33.2 Å². The number of hydrogen-bond acceptors (Lipinski definition) is 12. The molecular weight excluding hydrogens is 906 g/mol. The van der Waals surface area contributed by atoms with E-state index in [0.717, 1.165) is 24.0 Å². The number of rotatable bonds is 12. The maximum atomic E-state index is 14.3. The molecule has 4 aromatic rings. The Morgan fingerprint density at radius 1 is 0.980 bits per heavy atom. The van der Waals surface area contributed by atoms with Gasteiger partial charge >= 0.3 is 11.9 Å². The van der Waals surface area contributed by atoms with Gasteiger partial charge in [-0.05, 0) is 125 Å². The van der Waals surface area contributed by atoms with Crippen molar-refractivity contribution in [3.8, 4) is 28.7 Å². The van der Waals surface area contributed by atoms with E-state index < -0.39 is 18.0 Å². The van der Waals surface area contributed by atoms with Crippen LogP contribution < -0.4 is 38.6 Å². The molecule has 0 unspecified atom stereocenters. The Hall–Kier alpha value is -4.10. The third-order valence-electron chi connectivity index (χ3n) is 7.81. The molecule has 3 aromatic carbocycles. The van der Waals surface area contributed by atoms with Gasteiger partial charge < -0.3 is 33.2 Å². The summed E-state index contributed by atoms with van der Waals surface area (Å²) in [6.07, 6.45) is 1.81. The van der Waals surface area contributed by atoms with Crippen LogP contribution in [0.25, 0.3) is 6.08 Å². The summed E-state index contributed by atoms with van der Waals surface area (Å²) in [5, 5.41) is 0. The van der Waals surface area contributed by atoms with Crippen molar-refractivity contribution in [2.24, 2.45) is 4.99 Å².